The van der Waals surface area contributed by atoms with Crippen molar-refractivity contribution >= 4 is 26.9 Å². The topological polar surface area (TPSA) is 48.7 Å². The third-order valence-electron chi connectivity index (χ3n) is 3.62. The number of methoxy groups -OCH3 is 1. The Morgan fingerprint density at radius 3 is 2.50 bits per heavy atom. The van der Waals surface area contributed by atoms with Crippen LogP contribution in [0.2, 0.25) is 0 Å². The summed E-state index contributed by atoms with van der Waals surface area (Å²) in [5.41, 5.74) is 1.27. The first-order valence-electron chi connectivity index (χ1n) is 7.62. The molecule has 24 heavy (non-hydrogen) atoms. The molecule has 0 N–H and O–H groups in total. The minimum atomic E-state index is -0.0946. The number of halogens is 1. The summed E-state index contributed by atoms with van der Waals surface area (Å²) in [7, 11) is 1.57. The molecule has 1 aromatic heterocycles. The predicted molar refractivity (Wildman–Crippen MR) is 98.4 cm³/mol. The molecule has 0 saturated carbocycles. The number of rotatable bonds is 6. The van der Waals surface area contributed by atoms with Crippen molar-refractivity contribution in [3.8, 4) is 22.8 Å². The summed E-state index contributed by atoms with van der Waals surface area (Å²) < 4.78 is 16.6. The van der Waals surface area contributed by atoms with Gasteiger partial charge in [0.1, 0.15) is 22.8 Å². The smallest absolute Gasteiger partial charge is 0.193 e. The molecule has 124 valence electrons. The maximum Gasteiger partial charge on any atom is 0.193 e. The maximum atomic E-state index is 12.3. The molecule has 0 aliphatic heterocycles. The lowest BCUT2D eigenvalue weighted by Crippen LogP contribution is -2.01. The van der Waals surface area contributed by atoms with Gasteiger partial charge in [-0.15, -0.1) is 0 Å². The van der Waals surface area contributed by atoms with Gasteiger partial charge < -0.3 is 13.9 Å². The van der Waals surface area contributed by atoms with Crippen LogP contribution in [0.5, 0.6) is 11.5 Å². The van der Waals surface area contributed by atoms with E-state index in [4.69, 9.17) is 13.9 Å². The lowest BCUT2D eigenvalue weighted by molar-refractivity contribution is 0.319. The van der Waals surface area contributed by atoms with Crippen LogP contribution < -0.4 is 14.9 Å². The molecular formula is C19H17BrO4. The zero-order chi connectivity index (χ0) is 16.9. The average molecular weight is 389 g/mol. The highest BCUT2D eigenvalue weighted by Gasteiger charge is 2.08. The van der Waals surface area contributed by atoms with Crippen LogP contribution in [0.4, 0.5) is 0 Å². The van der Waals surface area contributed by atoms with E-state index in [1.165, 1.54) is 6.07 Å². The molecular weight excluding hydrogens is 372 g/mol. The fourth-order valence-corrected chi connectivity index (χ4v) is 2.59. The van der Waals surface area contributed by atoms with Gasteiger partial charge >= 0.3 is 0 Å². The predicted octanol–water partition coefficient (Wildman–Crippen LogP) is 4.63. The van der Waals surface area contributed by atoms with E-state index in [9.17, 15) is 4.79 Å². The van der Waals surface area contributed by atoms with Gasteiger partial charge in [-0.1, -0.05) is 15.9 Å². The van der Waals surface area contributed by atoms with E-state index in [-0.39, 0.29) is 5.43 Å². The Bertz CT molecular complexity index is 884. The van der Waals surface area contributed by atoms with Crippen LogP contribution in [0.25, 0.3) is 22.3 Å². The second kappa shape index (κ2) is 7.53. The van der Waals surface area contributed by atoms with Crippen LogP contribution in [-0.4, -0.2) is 19.0 Å². The molecule has 0 atom stereocenters. The van der Waals surface area contributed by atoms with Crippen molar-refractivity contribution in [1.29, 1.82) is 0 Å². The van der Waals surface area contributed by atoms with Crippen molar-refractivity contribution in [2.24, 2.45) is 0 Å². The van der Waals surface area contributed by atoms with Crippen molar-refractivity contribution in [3.05, 3.63) is 58.8 Å². The van der Waals surface area contributed by atoms with Gasteiger partial charge in [0.2, 0.25) is 0 Å². The number of hydrogen-bond donors (Lipinski definition) is 0. The maximum absolute atomic E-state index is 12.3. The molecule has 1 heterocycles. The fourth-order valence-electron chi connectivity index (χ4n) is 2.36. The van der Waals surface area contributed by atoms with Crippen LogP contribution in [0.15, 0.2) is 57.7 Å². The first-order chi connectivity index (χ1) is 11.7. The van der Waals surface area contributed by atoms with Crippen LogP contribution in [-0.2, 0) is 0 Å². The van der Waals surface area contributed by atoms with E-state index in [0.717, 1.165) is 23.1 Å². The van der Waals surface area contributed by atoms with Crippen molar-refractivity contribution in [2.75, 3.05) is 19.0 Å². The SMILES string of the molecule is COc1ccc2oc(-c3ccc(OCCCBr)cc3)cc(=O)c2c1. The van der Waals surface area contributed by atoms with Crippen molar-refractivity contribution in [3.63, 3.8) is 0 Å². The largest absolute Gasteiger partial charge is 0.497 e. The second-order valence-electron chi connectivity index (χ2n) is 5.25. The molecule has 0 fully saturated rings. The zero-order valence-corrected chi connectivity index (χ0v) is 14.8. The molecule has 0 unspecified atom stereocenters. The Morgan fingerprint density at radius 2 is 1.79 bits per heavy atom. The molecule has 0 aliphatic carbocycles. The zero-order valence-electron chi connectivity index (χ0n) is 13.3. The van der Waals surface area contributed by atoms with Gasteiger partial charge in [-0.2, -0.15) is 0 Å². The third kappa shape index (κ3) is 3.62. The molecule has 0 radical (unpaired) electrons. The van der Waals surface area contributed by atoms with E-state index in [0.29, 0.717) is 29.1 Å². The molecule has 0 spiro atoms. The highest BCUT2D eigenvalue weighted by atomic mass is 79.9. The van der Waals surface area contributed by atoms with Crippen molar-refractivity contribution in [1.82, 2.24) is 0 Å². The number of ether oxygens (including phenoxy) is 2. The number of fused-ring (bicyclic) bond motifs is 1. The Labute approximate surface area is 148 Å². The summed E-state index contributed by atoms with van der Waals surface area (Å²) >= 11 is 3.37. The van der Waals surface area contributed by atoms with Gasteiger partial charge in [-0.3, -0.25) is 4.79 Å². The summed E-state index contributed by atoms with van der Waals surface area (Å²) in [5, 5.41) is 1.42. The Morgan fingerprint density at radius 1 is 1.04 bits per heavy atom. The van der Waals surface area contributed by atoms with Crippen molar-refractivity contribution < 1.29 is 13.9 Å². The van der Waals surface area contributed by atoms with E-state index < -0.39 is 0 Å². The van der Waals surface area contributed by atoms with Crippen LogP contribution >= 0.6 is 15.9 Å². The van der Waals surface area contributed by atoms with Crippen LogP contribution in [0.1, 0.15) is 6.42 Å². The Hall–Kier alpha value is -2.27. The van der Waals surface area contributed by atoms with Gasteiger partial charge in [-0.25, -0.2) is 0 Å². The monoisotopic (exact) mass is 388 g/mol. The molecule has 3 rings (SSSR count). The van der Waals surface area contributed by atoms with E-state index in [1.54, 1.807) is 25.3 Å². The molecule has 0 bridgehead atoms. The molecule has 0 amide bonds. The molecule has 4 nitrogen and oxygen atoms in total. The molecule has 3 aromatic rings. The van der Waals surface area contributed by atoms with Crippen molar-refractivity contribution in [2.45, 2.75) is 6.42 Å². The summed E-state index contributed by atoms with van der Waals surface area (Å²) in [5.74, 6) is 1.96. The number of benzene rings is 2. The van der Waals surface area contributed by atoms with E-state index in [2.05, 4.69) is 15.9 Å². The van der Waals surface area contributed by atoms with Gasteiger partial charge in [-0.05, 0) is 48.9 Å². The van der Waals surface area contributed by atoms with Gasteiger partial charge in [0, 0.05) is 17.0 Å². The normalized spacial score (nSPS) is 10.8. The average Bonchev–Trinajstić information content (AvgIpc) is 2.62. The number of alkyl halides is 1. The lowest BCUT2D eigenvalue weighted by atomic mass is 10.1. The Balaban J connectivity index is 1.90. The minimum absolute atomic E-state index is 0.0946. The molecule has 0 aliphatic rings. The summed E-state index contributed by atoms with van der Waals surface area (Å²) in [4.78, 5) is 12.3. The fraction of sp³-hybridized carbons (Fsp3) is 0.211. The summed E-state index contributed by atoms with van der Waals surface area (Å²) in [6.45, 7) is 0.664. The second-order valence-corrected chi connectivity index (χ2v) is 6.05. The van der Waals surface area contributed by atoms with E-state index >= 15 is 0 Å². The molecule has 0 saturated heterocycles. The van der Waals surface area contributed by atoms with Gasteiger partial charge in [0.25, 0.3) is 0 Å². The van der Waals surface area contributed by atoms with Crippen LogP contribution in [0.3, 0.4) is 0 Å². The van der Waals surface area contributed by atoms with Crippen LogP contribution in [0, 0.1) is 0 Å². The third-order valence-corrected chi connectivity index (χ3v) is 4.18. The first-order valence-corrected chi connectivity index (χ1v) is 8.74. The number of hydrogen-bond acceptors (Lipinski definition) is 4. The summed E-state index contributed by atoms with van der Waals surface area (Å²) in [6.07, 6.45) is 0.949. The standard InChI is InChI=1S/C19H17BrO4/c1-22-15-7-8-18-16(11-15)17(21)12-19(24-18)13-3-5-14(6-4-13)23-10-2-9-20/h3-8,11-12H,2,9-10H2,1H3. The van der Waals surface area contributed by atoms with E-state index in [1.807, 2.05) is 24.3 Å². The first kappa shape index (κ1) is 16.6. The summed E-state index contributed by atoms with van der Waals surface area (Å²) in [6, 6.07) is 14.2. The molecule has 5 heteroatoms. The quantitative estimate of drug-likeness (QED) is 0.456. The minimum Gasteiger partial charge on any atom is -0.497 e. The lowest BCUT2D eigenvalue weighted by Gasteiger charge is -2.07. The molecule has 2 aromatic carbocycles. The Kier molecular flexibility index (Phi) is 5.20. The van der Waals surface area contributed by atoms with Gasteiger partial charge in [0.15, 0.2) is 5.43 Å². The van der Waals surface area contributed by atoms with Gasteiger partial charge in [0.05, 0.1) is 19.1 Å². The highest BCUT2D eigenvalue weighted by Crippen LogP contribution is 2.26. The highest BCUT2D eigenvalue weighted by molar-refractivity contribution is 9.09.